The number of rotatable bonds is 7. The molecule has 38 heavy (non-hydrogen) atoms. The molecular formula is C28H24FN5O4. The second-order valence-electron chi connectivity index (χ2n) is 9.32. The van der Waals surface area contributed by atoms with E-state index < -0.39 is 22.0 Å². The van der Waals surface area contributed by atoms with Crippen LogP contribution in [0.15, 0.2) is 88.7 Å². The quantitative estimate of drug-likeness (QED) is 0.233. The maximum absolute atomic E-state index is 14.5. The third-order valence-corrected chi connectivity index (χ3v) is 6.48. The fourth-order valence-electron chi connectivity index (χ4n) is 4.44. The summed E-state index contributed by atoms with van der Waals surface area (Å²) in [5, 5.41) is 11.2. The van der Waals surface area contributed by atoms with Crippen molar-refractivity contribution in [1.82, 2.24) is 18.7 Å². The molecule has 0 aliphatic rings. The zero-order chi connectivity index (χ0) is 27.0. The van der Waals surface area contributed by atoms with Gasteiger partial charge in [-0.05, 0) is 35.2 Å². The van der Waals surface area contributed by atoms with Crippen LogP contribution < -0.4 is 11.2 Å². The second kappa shape index (κ2) is 9.89. The molecule has 0 bridgehead atoms. The van der Waals surface area contributed by atoms with Gasteiger partial charge >= 0.3 is 5.69 Å². The molecule has 0 spiro atoms. The number of aromatic nitrogens is 4. The van der Waals surface area contributed by atoms with Crippen LogP contribution in [0, 0.1) is 15.9 Å². The zero-order valence-corrected chi connectivity index (χ0v) is 20.7. The fourth-order valence-corrected chi connectivity index (χ4v) is 4.44. The van der Waals surface area contributed by atoms with Crippen LogP contribution in [0.4, 0.5) is 10.1 Å². The Labute approximate surface area is 216 Å². The molecule has 3 aromatic carbocycles. The highest BCUT2D eigenvalue weighted by atomic mass is 19.1. The van der Waals surface area contributed by atoms with Crippen molar-refractivity contribution < 1.29 is 9.31 Å². The number of hydrogen-bond acceptors (Lipinski definition) is 5. The summed E-state index contributed by atoms with van der Waals surface area (Å²) in [7, 11) is 0. The first-order chi connectivity index (χ1) is 18.2. The van der Waals surface area contributed by atoms with Crippen LogP contribution in [0.1, 0.15) is 36.5 Å². The number of nitro benzene ring substituents is 1. The van der Waals surface area contributed by atoms with Crippen molar-refractivity contribution in [2.45, 2.75) is 32.9 Å². The molecule has 5 rings (SSSR count). The number of hydrogen-bond donors (Lipinski definition) is 0. The maximum atomic E-state index is 14.5. The predicted molar refractivity (Wildman–Crippen MR) is 141 cm³/mol. The number of fused-ring (bicyclic) bond motifs is 1. The Kier molecular flexibility index (Phi) is 6.46. The van der Waals surface area contributed by atoms with Crippen LogP contribution in [-0.4, -0.2) is 23.6 Å². The van der Waals surface area contributed by atoms with Crippen LogP contribution >= 0.6 is 0 Å². The summed E-state index contributed by atoms with van der Waals surface area (Å²) in [6.07, 6.45) is 1.43. The SMILES string of the molecule is CC(C)c1ccc(-n2c(=O)n(Cc3ccccc3F)c(=O)c3c2ncn3Cc2cccc([N+](=O)[O-])c2)cc1. The van der Waals surface area contributed by atoms with E-state index in [1.807, 2.05) is 12.1 Å². The Morgan fingerprint density at radius 3 is 2.39 bits per heavy atom. The Bertz CT molecular complexity index is 1780. The van der Waals surface area contributed by atoms with E-state index in [0.29, 0.717) is 11.3 Å². The predicted octanol–water partition coefficient (Wildman–Crippen LogP) is 4.62. The van der Waals surface area contributed by atoms with Gasteiger partial charge in [-0.3, -0.25) is 19.5 Å². The highest BCUT2D eigenvalue weighted by molar-refractivity contribution is 5.72. The van der Waals surface area contributed by atoms with E-state index in [9.17, 15) is 24.1 Å². The molecule has 0 fully saturated rings. The van der Waals surface area contributed by atoms with Crippen LogP contribution in [0.2, 0.25) is 0 Å². The summed E-state index contributed by atoms with van der Waals surface area (Å²) in [5.74, 6) is -0.248. The average molecular weight is 514 g/mol. The summed E-state index contributed by atoms with van der Waals surface area (Å²) in [6.45, 7) is 3.96. The minimum absolute atomic E-state index is 0.0777. The van der Waals surface area contributed by atoms with Crippen molar-refractivity contribution in [3.8, 4) is 5.69 Å². The minimum Gasteiger partial charge on any atom is -0.320 e. The molecule has 2 aromatic heterocycles. The molecule has 10 heteroatoms. The first-order valence-corrected chi connectivity index (χ1v) is 12.0. The molecule has 0 N–H and O–H groups in total. The normalized spacial score (nSPS) is 11.4. The van der Waals surface area contributed by atoms with Gasteiger partial charge < -0.3 is 4.57 Å². The van der Waals surface area contributed by atoms with E-state index in [1.165, 1.54) is 41.2 Å². The van der Waals surface area contributed by atoms with Crippen LogP contribution in [-0.2, 0) is 13.1 Å². The van der Waals surface area contributed by atoms with Crippen molar-refractivity contribution in [2.24, 2.45) is 0 Å². The highest BCUT2D eigenvalue weighted by Gasteiger charge is 2.21. The molecule has 9 nitrogen and oxygen atoms in total. The van der Waals surface area contributed by atoms with Crippen molar-refractivity contribution in [3.63, 3.8) is 0 Å². The standard InChI is InChI=1S/C28H24FN5O4/c1-18(2)20-10-12-22(13-11-20)33-26-25(27(35)32(28(33)36)16-21-7-3-4-9-24(21)29)31(17-30-26)15-19-6-5-8-23(14-19)34(37)38/h3-14,17-18H,15-16H2,1-2H3. The van der Waals surface area contributed by atoms with Gasteiger partial charge in [-0.25, -0.2) is 18.7 Å². The average Bonchev–Trinajstić information content (AvgIpc) is 3.31. The third kappa shape index (κ3) is 4.52. The van der Waals surface area contributed by atoms with E-state index >= 15 is 0 Å². The van der Waals surface area contributed by atoms with Gasteiger partial charge in [0.2, 0.25) is 0 Å². The zero-order valence-electron chi connectivity index (χ0n) is 20.7. The largest absolute Gasteiger partial charge is 0.337 e. The molecule has 5 aromatic rings. The van der Waals surface area contributed by atoms with Gasteiger partial charge in [0, 0.05) is 24.2 Å². The van der Waals surface area contributed by atoms with Gasteiger partial charge in [0.1, 0.15) is 5.82 Å². The number of imidazole rings is 1. The first-order valence-electron chi connectivity index (χ1n) is 12.0. The fraction of sp³-hybridized carbons (Fsp3) is 0.179. The minimum atomic E-state index is -0.649. The van der Waals surface area contributed by atoms with Gasteiger partial charge in [-0.1, -0.05) is 56.3 Å². The molecule has 0 saturated heterocycles. The molecule has 0 aliphatic heterocycles. The van der Waals surface area contributed by atoms with Crippen molar-refractivity contribution >= 4 is 16.9 Å². The highest BCUT2D eigenvalue weighted by Crippen LogP contribution is 2.20. The summed E-state index contributed by atoms with van der Waals surface area (Å²) in [6, 6.07) is 19.4. The van der Waals surface area contributed by atoms with Gasteiger partial charge in [0.15, 0.2) is 11.2 Å². The van der Waals surface area contributed by atoms with E-state index in [4.69, 9.17) is 0 Å². The third-order valence-electron chi connectivity index (χ3n) is 6.48. The lowest BCUT2D eigenvalue weighted by Crippen LogP contribution is -2.40. The van der Waals surface area contributed by atoms with Gasteiger partial charge in [-0.2, -0.15) is 0 Å². The Hall–Kier alpha value is -4.86. The maximum Gasteiger partial charge on any atom is 0.337 e. The molecule has 0 aliphatic carbocycles. The smallest absolute Gasteiger partial charge is 0.320 e. The summed E-state index contributed by atoms with van der Waals surface area (Å²) in [4.78, 5) is 42.5. The van der Waals surface area contributed by atoms with Crippen molar-refractivity contribution in [2.75, 3.05) is 0 Å². The molecule has 2 heterocycles. The molecule has 0 saturated carbocycles. The lowest BCUT2D eigenvalue weighted by molar-refractivity contribution is -0.384. The summed E-state index contributed by atoms with van der Waals surface area (Å²) < 4.78 is 18.4. The number of nitrogens with zero attached hydrogens (tertiary/aromatic N) is 5. The lowest BCUT2D eigenvalue weighted by Gasteiger charge is -2.14. The Morgan fingerprint density at radius 1 is 0.974 bits per heavy atom. The van der Waals surface area contributed by atoms with E-state index in [1.54, 1.807) is 34.9 Å². The molecule has 192 valence electrons. The number of nitro groups is 1. The van der Waals surface area contributed by atoms with Crippen LogP contribution in [0.3, 0.4) is 0 Å². The molecule has 0 atom stereocenters. The summed E-state index contributed by atoms with van der Waals surface area (Å²) in [5.41, 5.74) is 1.27. The van der Waals surface area contributed by atoms with E-state index in [-0.39, 0.29) is 41.4 Å². The first kappa shape index (κ1) is 24.8. The molecule has 0 amide bonds. The summed E-state index contributed by atoms with van der Waals surface area (Å²) >= 11 is 0. The number of halogens is 1. The van der Waals surface area contributed by atoms with Crippen LogP contribution in [0.5, 0.6) is 0 Å². The van der Waals surface area contributed by atoms with Gasteiger partial charge in [-0.15, -0.1) is 0 Å². The van der Waals surface area contributed by atoms with Crippen molar-refractivity contribution in [3.05, 3.63) is 133 Å². The van der Waals surface area contributed by atoms with Crippen molar-refractivity contribution in [1.29, 1.82) is 0 Å². The second-order valence-corrected chi connectivity index (χ2v) is 9.32. The number of non-ortho nitro benzene ring substituents is 1. The lowest BCUT2D eigenvalue weighted by atomic mass is 10.0. The van der Waals surface area contributed by atoms with Gasteiger partial charge in [0.25, 0.3) is 11.2 Å². The van der Waals surface area contributed by atoms with E-state index in [0.717, 1.165) is 10.1 Å². The molecular weight excluding hydrogens is 489 g/mol. The Balaban J connectivity index is 1.73. The number of benzene rings is 3. The topological polar surface area (TPSA) is 105 Å². The molecule has 0 unspecified atom stereocenters. The van der Waals surface area contributed by atoms with E-state index in [2.05, 4.69) is 18.8 Å². The Morgan fingerprint density at radius 2 is 1.71 bits per heavy atom. The van der Waals surface area contributed by atoms with Gasteiger partial charge in [0.05, 0.1) is 23.5 Å². The van der Waals surface area contributed by atoms with Crippen LogP contribution in [0.25, 0.3) is 16.9 Å². The molecule has 0 radical (unpaired) electrons. The monoisotopic (exact) mass is 513 g/mol.